The maximum atomic E-state index is 12.7. The van der Waals surface area contributed by atoms with E-state index in [0.717, 1.165) is 18.6 Å². The van der Waals surface area contributed by atoms with Gasteiger partial charge in [0, 0.05) is 12.1 Å². The van der Waals surface area contributed by atoms with Crippen molar-refractivity contribution in [1.82, 2.24) is 0 Å². The van der Waals surface area contributed by atoms with Crippen LogP contribution in [0.5, 0.6) is 5.75 Å². The largest absolute Gasteiger partial charge is 0.492 e. The first kappa shape index (κ1) is 10.9. The Morgan fingerprint density at radius 2 is 2.07 bits per heavy atom. The van der Waals surface area contributed by atoms with Crippen molar-refractivity contribution >= 4 is 0 Å². The van der Waals surface area contributed by atoms with Crippen LogP contribution in [0.25, 0.3) is 0 Å². The molecule has 0 aliphatic rings. The molecule has 1 aromatic rings. The van der Waals surface area contributed by atoms with E-state index < -0.39 is 11.6 Å². The first-order chi connectivity index (χ1) is 6.63. The second-order valence-corrected chi connectivity index (χ2v) is 3.06. The van der Waals surface area contributed by atoms with E-state index in [0.29, 0.717) is 12.4 Å². The van der Waals surface area contributed by atoms with Gasteiger partial charge in [0.25, 0.3) is 0 Å². The molecule has 14 heavy (non-hydrogen) atoms. The Kier molecular flexibility index (Phi) is 3.83. The van der Waals surface area contributed by atoms with Crippen molar-refractivity contribution in [1.29, 1.82) is 0 Å². The molecule has 0 spiro atoms. The fourth-order valence-electron chi connectivity index (χ4n) is 0.888. The topological polar surface area (TPSA) is 35.2 Å². The van der Waals surface area contributed by atoms with Gasteiger partial charge in [-0.3, -0.25) is 0 Å². The zero-order chi connectivity index (χ0) is 10.6. The molecule has 0 saturated heterocycles. The third-order valence-electron chi connectivity index (χ3n) is 1.88. The van der Waals surface area contributed by atoms with E-state index in [-0.39, 0.29) is 6.04 Å². The van der Waals surface area contributed by atoms with Crippen LogP contribution in [-0.2, 0) is 0 Å². The molecule has 0 aliphatic heterocycles. The fraction of sp³-hybridized carbons (Fsp3) is 0.400. The van der Waals surface area contributed by atoms with Crippen LogP contribution >= 0.6 is 0 Å². The fourth-order valence-corrected chi connectivity index (χ4v) is 0.888. The zero-order valence-corrected chi connectivity index (χ0v) is 7.97. The van der Waals surface area contributed by atoms with Gasteiger partial charge >= 0.3 is 0 Å². The second kappa shape index (κ2) is 4.91. The molecule has 78 valence electrons. The summed E-state index contributed by atoms with van der Waals surface area (Å²) >= 11 is 0. The molecule has 1 aromatic carbocycles. The first-order valence-electron chi connectivity index (χ1n) is 4.47. The van der Waals surface area contributed by atoms with Gasteiger partial charge < -0.3 is 10.5 Å². The van der Waals surface area contributed by atoms with Gasteiger partial charge in [-0.2, -0.15) is 0 Å². The molecule has 0 fully saturated rings. The van der Waals surface area contributed by atoms with Crippen molar-refractivity contribution in [2.45, 2.75) is 19.4 Å². The lowest BCUT2D eigenvalue weighted by Gasteiger charge is -2.10. The SMILES string of the molecule is CC[C@H](N)COc1ccc(F)c(F)c1. The molecule has 1 atom stereocenters. The Morgan fingerprint density at radius 3 is 2.64 bits per heavy atom. The molecule has 0 aromatic heterocycles. The van der Waals surface area contributed by atoms with E-state index in [1.807, 2.05) is 6.92 Å². The molecular formula is C10H13F2NO. The summed E-state index contributed by atoms with van der Waals surface area (Å²) in [7, 11) is 0. The summed E-state index contributed by atoms with van der Waals surface area (Å²) < 4.78 is 30.4. The standard InChI is InChI=1S/C10H13F2NO/c1-2-7(13)6-14-8-3-4-9(11)10(12)5-8/h3-5,7H,2,6,13H2,1H3/t7-/m0/s1. The van der Waals surface area contributed by atoms with Crippen LogP contribution in [0, 0.1) is 11.6 Å². The van der Waals surface area contributed by atoms with Gasteiger partial charge in [0.15, 0.2) is 11.6 Å². The van der Waals surface area contributed by atoms with Gasteiger partial charge in [-0.15, -0.1) is 0 Å². The number of ether oxygens (including phenoxy) is 1. The summed E-state index contributed by atoms with van der Waals surface area (Å²) in [6.45, 7) is 2.24. The molecule has 0 bridgehead atoms. The maximum Gasteiger partial charge on any atom is 0.162 e. The second-order valence-electron chi connectivity index (χ2n) is 3.06. The Bertz CT molecular complexity index is 304. The monoisotopic (exact) mass is 201 g/mol. The predicted octanol–water partition coefficient (Wildman–Crippen LogP) is 2.08. The van der Waals surface area contributed by atoms with Gasteiger partial charge in [-0.1, -0.05) is 6.92 Å². The normalized spacial score (nSPS) is 12.6. The van der Waals surface area contributed by atoms with Gasteiger partial charge in [-0.05, 0) is 18.6 Å². The Morgan fingerprint density at radius 1 is 1.36 bits per heavy atom. The van der Waals surface area contributed by atoms with Crippen LogP contribution in [0.4, 0.5) is 8.78 Å². The summed E-state index contributed by atoms with van der Waals surface area (Å²) in [6.07, 6.45) is 0.781. The summed E-state index contributed by atoms with van der Waals surface area (Å²) in [5.74, 6) is -1.49. The quantitative estimate of drug-likeness (QED) is 0.809. The third kappa shape index (κ3) is 2.96. The number of rotatable bonds is 4. The van der Waals surface area contributed by atoms with Crippen LogP contribution in [-0.4, -0.2) is 12.6 Å². The van der Waals surface area contributed by atoms with Gasteiger partial charge in [0.05, 0.1) is 0 Å². The number of nitrogens with two attached hydrogens (primary N) is 1. The van der Waals surface area contributed by atoms with Crippen LogP contribution in [0.1, 0.15) is 13.3 Å². The average Bonchev–Trinajstić information content (AvgIpc) is 2.19. The molecule has 0 heterocycles. The molecular weight excluding hydrogens is 188 g/mol. The maximum absolute atomic E-state index is 12.7. The minimum Gasteiger partial charge on any atom is -0.492 e. The number of benzene rings is 1. The van der Waals surface area contributed by atoms with Crippen molar-refractivity contribution in [2.24, 2.45) is 5.73 Å². The minimum atomic E-state index is -0.910. The van der Waals surface area contributed by atoms with Gasteiger partial charge in [0.1, 0.15) is 12.4 Å². The molecule has 0 saturated carbocycles. The highest BCUT2D eigenvalue weighted by atomic mass is 19.2. The van der Waals surface area contributed by atoms with Crippen LogP contribution < -0.4 is 10.5 Å². The molecule has 0 amide bonds. The third-order valence-corrected chi connectivity index (χ3v) is 1.88. The van der Waals surface area contributed by atoms with Gasteiger partial charge in [-0.25, -0.2) is 8.78 Å². The Balaban J connectivity index is 2.55. The van der Waals surface area contributed by atoms with Crippen molar-refractivity contribution in [3.63, 3.8) is 0 Å². The average molecular weight is 201 g/mol. The van der Waals surface area contributed by atoms with Crippen molar-refractivity contribution < 1.29 is 13.5 Å². The summed E-state index contributed by atoms with van der Waals surface area (Å²) in [5.41, 5.74) is 5.60. The lowest BCUT2D eigenvalue weighted by atomic mass is 10.2. The Hall–Kier alpha value is -1.16. The zero-order valence-electron chi connectivity index (χ0n) is 7.97. The number of hydrogen-bond acceptors (Lipinski definition) is 2. The van der Waals surface area contributed by atoms with Crippen LogP contribution in [0.2, 0.25) is 0 Å². The lowest BCUT2D eigenvalue weighted by Crippen LogP contribution is -2.26. The summed E-state index contributed by atoms with van der Waals surface area (Å²) in [5, 5.41) is 0. The van der Waals surface area contributed by atoms with E-state index in [4.69, 9.17) is 10.5 Å². The highest BCUT2D eigenvalue weighted by molar-refractivity contribution is 5.23. The van der Waals surface area contributed by atoms with E-state index in [1.165, 1.54) is 6.07 Å². The first-order valence-corrected chi connectivity index (χ1v) is 4.47. The molecule has 2 nitrogen and oxygen atoms in total. The molecule has 4 heteroatoms. The molecule has 1 rings (SSSR count). The van der Waals surface area contributed by atoms with E-state index in [9.17, 15) is 8.78 Å². The highest BCUT2D eigenvalue weighted by Gasteiger charge is 2.04. The predicted molar refractivity (Wildman–Crippen MR) is 50.1 cm³/mol. The van der Waals surface area contributed by atoms with Crippen molar-refractivity contribution in [3.05, 3.63) is 29.8 Å². The summed E-state index contributed by atoms with van der Waals surface area (Å²) in [6, 6.07) is 3.34. The van der Waals surface area contributed by atoms with E-state index in [1.54, 1.807) is 0 Å². The smallest absolute Gasteiger partial charge is 0.162 e. The number of hydrogen-bond donors (Lipinski definition) is 1. The van der Waals surface area contributed by atoms with Crippen molar-refractivity contribution in [2.75, 3.05) is 6.61 Å². The lowest BCUT2D eigenvalue weighted by molar-refractivity contribution is 0.283. The molecule has 0 radical (unpaired) electrons. The molecule has 2 N–H and O–H groups in total. The highest BCUT2D eigenvalue weighted by Crippen LogP contribution is 2.15. The minimum absolute atomic E-state index is 0.0804. The van der Waals surface area contributed by atoms with E-state index >= 15 is 0 Å². The van der Waals surface area contributed by atoms with Crippen LogP contribution in [0.3, 0.4) is 0 Å². The van der Waals surface area contributed by atoms with Crippen LogP contribution in [0.15, 0.2) is 18.2 Å². The van der Waals surface area contributed by atoms with Gasteiger partial charge in [0.2, 0.25) is 0 Å². The summed E-state index contributed by atoms with van der Waals surface area (Å²) in [4.78, 5) is 0. The molecule has 0 unspecified atom stereocenters. The van der Waals surface area contributed by atoms with E-state index in [2.05, 4.69) is 0 Å². The number of halogens is 2. The molecule has 0 aliphatic carbocycles. The van der Waals surface area contributed by atoms with Crippen molar-refractivity contribution in [3.8, 4) is 5.75 Å². The Labute approximate surface area is 81.7 Å².